The second-order valence-electron chi connectivity index (χ2n) is 5.66. The van der Waals surface area contributed by atoms with Gasteiger partial charge < -0.3 is 15.4 Å². The topological polar surface area (TPSA) is 50.4 Å². The molecule has 1 aliphatic rings. The molecule has 23 heavy (non-hydrogen) atoms. The molecule has 4 nitrogen and oxygen atoms in total. The van der Waals surface area contributed by atoms with Gasteiger partial charge in [0, 0.05) is 5.69 Å². The number of carbonyl (C=O) groups excluding carboxylic acids is 1. The fourth-order valence-corrected chi connectivity index (χ4v) is 3.03. The lowest BCUT2D eigenvalue weighted by Crippen LogP contribution is -2.21. The van der Waals surface area contributed by atoms with E-state index in [-0.39, 0.29) is 6.03 Å². The van der Waals surface area contributed by atoms with Gasteiger partial charge in [0.2, 0.25) is 0 Å². The summed E-state index contributed by atoms with van der Waals surface area (Å²) in [6.07, 6.45) is 4.53. The molecule has 4 heteroatoms. The number of ether oxygens (including phenoxy) is 1. The van der Waals surface area contributed by atoms with E-state index in [1.165, 1.54) is 24.0 Å². The average Bonchev–Trinajstić information content (AvgIpc) is 2.57. The summed E-state index contributed by atoms with van der Waals surface area (Å²) in [6, 6.07) is 13.4. The smallest absolute Gasteiger partial charge is 0.323 e. The maximum absolute atomic E-state index is 12.3. The van der Waals surface area contributed by atoms with Crippen molar-refractivity contribution in [1.82, 2.24) is 0 Å². The van der Waals surface area contributed by atoms with Gasteiger partial charge in [0.05, 0.1) is 12.3 Å². The van der Waals surface area contributed by atoms with Gasteiger partial charge in [0.15, 0.2) is 0 Å². The fourth-order valence-electron chi connectivity index (χ4n) is 3.03. The predicted octanol–water partition coefficient (Wildman–Crippen LogP) is 4.61. The first-order chi connectivity index (χ1) is 11.3. The number of amides is 2. The third kappa shape index (κ3) is 3.65. The summed E-state index contributed by atoms with van der Waals surface area (Å²) < 4.78 is 5.54. The molecular formula is C19H22N2O2. The number of rotatable bonds is 4. The molecule has 0 aromatic heterocycles. The molecule has 3 rings (SSSR count). The first kappa shape index (κ1) is 15.4. The molecule has 120 valence electrons. The van der Waals surface area contributed by atoms with E-state index in [4.69, 9.17) is 4.74 Å². The molecule has 0 atom stereocenters. The molecule has 0 radical (unpaired) electrons. The SMILES string of the molecule is CCOc1ccccc1NC(=O)Nc1cccc2c1CCCC2. The highest BCUT2D eigenvalue weighted by molar-refractivity contribution is 6.01. The Balaban J connectivity index is 1.73. The van der Waals surface area contributed by atoms with Crippen LogP contribution in [0, 0.1) is 0 Å². The lowest BCUT2D eigenvalue weighted by Gasteiger charge is -2.20. The maximum Gasteiger partial charge on any atom is 0.323 e. The predicted molar refractivity (Wildman–Crippen MR) is 93.3 cm³/mol. The second kappa shape index (κ2) is 7.18. The van der Waals surface area contributed by atoms with Crippen molar-refractivity contribution in [1.29, 1.82) is 0 Å². The Kier molecular flexibility index (Phi) is 4.81. The van der Waals surface area contributed by atoms with E-state index in [1.807, 2.05) is 43.3 Å². The molecule has 2 aromatic rings. The van der Waals surface area contributed by atoms with Crippen LogP contribution in [0.1, 0.15) is 30.9 Å². The molecule has 0 unspecified atom stereocenters. The summed E-state index contributed by atoms with van der Waals surface area (Å²) in [5.41, 5.74) is 4.21. The van der Waals surface area contributed by atoms with Crippen LogP contribution >= 0.6 is 0 Å². The fraction of sp³-hybridized carbons (Fsp3) is 0.316. The van der Waals surface area contributed by atoms with Crippen molar-refractivity contribution in [3.8, 4) is 5.75 Å². The van der Waals surface area contributed by atoms with Crippen molar-refractivity contribution < 1.29 is 9.53 Å². The summed E-state index contributed by atoms with van der Waals surface area (Å²) in [7, 11) is 0. The molecule has 0 saturated heterocycles. The van der Waals surface area contributed by atoms with Gasteiger partial charge >= 0.3 is 6.03 Å². The Bertz CT molecular complexity index is 698. The monoisotopic (exact) mass is 310 g/mol. The average molecular weight is 310 g/mol. The van der Waals surface area contributed by atoms with Gasteiger partial charge in [0.25, 0.3) is 0 Å². The summed E-state index contributed by atoms with van der Waals surface area (Å²) >= 11 is 0. The molecule has 0 spiro atoms. The van der Waals surface area contributed by atoms with Gasteiger partial charge in [-0.1, -0.05) is 24.3 Å². The zero-order valence-corrected chi connectivity index (χ0v) is 13.4. The van der Waals surface area contributed by atoms with E-state index in [9.17, 15) is 4.79 Å². The van der Waals surface area contributed by atoms with E-state index in [0.29, 0.717) is 18.0 Å². The van der Waals surface area contributed by atoms with E-state index in [2.05, 4.69) is 16.7 Å². The molecule has 2 aromatic carbocycles. The molecule has 2 N–H and O–H groups in total. The molecule has 0 aliphatic heterocycles. The number of para-hydroxylation sites is 2. The summed E-state index contributed by atoms with van der Waals surface area (Å²) in [5, 5.41) is 5.86. The van der Waals surface area contributed by atoms with Crippen LogP contribution in [0.5, 0.6) is 5.75 Å². The van der Waals surface area contributed by atoms with Crippen LogP contribution in [0.25, 0.3) is 0 Å². The standard InChI is InChI=1S/C19H22N2O2/c1-2-23-18-13-6-5-11-17(18)21-19(22)20-16-12-7-9-14-8-3-4-10-15(14)16/h5-7,9,11-13H,2-4,8,10H2,1H3,(H2,20,21,22). The molecule has 2 amide bonds. The number of fused-ring (bicyclic) bond motifs is 1. The molecule has 0 fully saturated rings. The first-order valence-corrected chi connectivity index (χ1v) is 8.18. The highest BCUT2D eigenvalue weighted by atomic mass is 16.5. The van der Waals surface area contributed by atoms with Crippen LogP contribution in [-0.2, 0) is 12.8 Å². The van der Waals surface area contributed by atoms with Crippen molar-refractivity contribution >= 4 is 17.4 Å². The van der Waals surface area contributed by atoms with Gasteiger partial charge in [-0.3, -0.25) is 0 Å². The Morgan fingerprint density at radius 3 is 2.61 bits per heavy atom. The highest BCUT2D eigenvalue weighted by Gasteiger charge is 2.15. The number of aryl methyl sites for hydroxylation is 1. The Hall–Kier alpha value is -2.49. The summed E-state index contributed by atoms with van der Waals surface area (Å²) in [5.74, 6) is 0.681. The second-order valence-corrected chi connectivity index (χ2v) is 5.66. The van der Waals surface area contributed by atoms with Crippen LogP contribution in [0.4, 0.5) is 16.2 Å². The largest absolute Gasteiger partial charge is 0.492 e. The van der Waals surface area contributed by atoms with Gasteiger partial charge in [-0.2, -0.15) is 0 Å². The van der Waals surface area contributed by atoms with Gasteiger partial charge in [0.1, 0.15) is 5.75 Å². The third-order valence-corrected chi connectivity index (χ3v) is 4.08. The van der Waals surface area contributed by atoms with Crippen molar-refractivity contribution in [2.45, 2.75) is 32.6 Å². The number of carbonyl (C=O) groups is 1. The number of benzene rings is 2. The number of hydrogen-bond acceptors (Lipinski definition) is 2. The minimum Gasteiger partial charge on any atom is -0.492 e. The Morgan fingerprint density at radius 2 is 1.74 bits per heavy atom. The molecule has 0 heterocycles. The normalized spacial score (nSPS) is 13.1. The number of nitrogens with one attached hydrogen (secondary N) is 2. The van der Waals surface area contributed by atoms with Crippen LogP contribution in [0.15, 0.2) is 42.5 Å². The van der Waals surface area contributed by atoms with E-state index >= 15 is 0 Å². The van der Waals surface area contributed by atoms with Gasteiger partial charge in [-0.15, -0.1) is 0 Å². The Labute approximate surface area is 136 Å². The van der Waals surface area contributed by atoms with Crippen molar-refractivity contribution in [2.75, 3.05) is 17.2 Å². The minimum absolute atomic E-state index is 0.240. The highest BCUT2D eigenvalue weighted by Crippen LogP contribution is 2.28. The van der Waals surface area contributed by atoms with Crippen LogP contribution in [0.2, 0.25) is 0 Å². The van der Waals surface area contributed by atoms with E-state index < -0.39 is 0 Å². The zero-order valence-electron chi connectivity index (χ0n) is 13.4. The van der Waals surface area contributed by atoms with Crippen molar-refractivity contribution in [3.05, 3.63) is 53.6 Å². The number of hydrogen-bond donors (Lipinski definition) is 2. The molecule has 0 bridgehead atoms. The summed E-state index contributed by atoms with van der Waals surface area (Å²) in [6.45, 7) is 2.49. The van der Waals surface area contributed by atoms with E-state index in [0.717, 1.165) is 18.5 Å². The van der Waals surface area contributed by atoms with Crippen LogP contribution in [0.3, 0.4) is 0 Å². The zero-order chi connectivity index (χ0) is 16.1. The van der Waals surface area contributed by atoms with Crippen LogP contribution in [-0.4, -0.2) is 12.6 Å². The molecule has 1 aliphatic carbocycles. The lowest BCUT2D eigenvalue weighted by molar-refractivity contribution is 0.262. The maximum atomic E-state index is 12.3. The number of anilines is 2. The molecule has 0 saturated carbocycles. The van der Waals surface area contributed by atoms with Crippen molar-refractivity contribution in [3.63, 3.8) is 0 Å². The Morgan fingerprint density at radius 1 is 1.00 bits per heavy atom. The molecular weight excluding hydrogens is 288 g/mol. The van der Waals surface area contributed by atoms with Crippen LogP contribution < -0.4 is 15.4 Å². The quantitative estimate of drug-likeness (QED) is 0.866. The lowest BCUT2D eigenvalue weighted by atomic mass is 9.90. The van der Waals surface area contributed by atoms with Gasteiger partial charge in [-0.25, -0.2) is 4.79 Å². The van der Waals surface area contributed by atoms with Gasteiger partial charge in [-0.05, 0) is 61.9 Å². The first-order valence-electron chi connectivity index (χ1n) is 8.18. The minimum atomic E-state index is -0.240. The van der Waals surface area contributed by atoms with Crippen molar-refractivity contribution in [2.24, 2.45) is 0 Å². The third-order valence-electron chi connectivity index (χ3n) is 4.08. The summed E-state index contributed by atoms with van der Waals surface area (Å²) in [4.78, 5) is 12.3. The van der Waals surface area contributed by atoms with E-state index in [1.54, 1.807) is 0 Å². The number of urea groups is 1.